The highest BCUT2D eigenvalue weighted by molar-refractivity contribution is 7.99. The molecule has 2 aliphatic rings. The molecular weight excluding hydrogens is 683 g/mol. The van der Waals surface area contributed by atoms with Crippen LogP contribution < -0.4 is 0 Å². The van der Waals surface area contributed by atoms with Crippen LogP contribution in [0.15, 0.2) is 210 Å². The van der Waals surface area contributed by atoms with E-state index in [1.165, 1.54) is 98.0 Å². The SMILES string of the molecule is c1ccc(-c2cc(-c3ccccc3)cc(-n3c4ccc5c(c4c4c6ccccc6ccc43)Sc3ccccc3C53c4ccccc4-c4ccccc43)c2)cc1. The van der Waals surface area contributed by atoms with Gasteiger partial charge < -0.3 is 4.57 Å². The molecule has 1 nitrogen and oxygen atoms in total. The van der Waals surface area contributed by atoms with E-state index in [9.17, 15) is 0 Å². The molecule has 256 valence electrons. The minimum Gasteiger partial charge on any atom is -0.309 e. The van der Waals surface area contributed by atoms with Gasteiger partial charge in [0.15, 0.2) is 0 Å². The van der Waals surface area contributed by atoms with Crippen molar-refractivity contribution in [3.63, 3.8) is 0 Å². The Balaban J connectivity index is 1.24. The van der Waals surface area contributed by atoms with Gasteiger partial charge in [0, 0.05) is 26.3 Å². The molecule has 0 saturated heterocycles. The Hall–Kier alpha value is -6.61. The molecule has 1 spiro atoms. The number of hydrogen-bond donors (Lipinski definition) is 0. The lowest BCUT2D eigenvalue weighted by Crippen LogP contribution is -2.32. The van der Waals surface area contributed by atoms with Gasteiger partial charge in [0.05, 0.1) is 16.4 Å². The van der Waals surface area contributed by atoms with E-state index >= 15 is 0 Å². The molecule has 2 heteroatoms. The van der Waals surface area contributed by atoms with Gasteiger partial charge in [0.2, 0.25) is 0 Å². The van der Waals surface area contributed by atoms with E-state index in [0.29, 0.717) is 0 Å². The lowest BCUT2D eigenvalue weighted by molar-refractivity contribution is 0.726. The second-order valence-electron chi connectivity index (χ2n) is 14.8. The average Bonchev–Trinajstić information content (AvgIpc) is 3.76. The third-order valence-corrected chi connectivity index (χ3v) is 13.2. The van der Waals surface area contributed by atoms with Gasteiger partial charge in [0.1, 0.15) is 0 Å². The number of hydrogen-bond acceptors (Lipinski definition) is 1. The fourth-order valence-electron chi connectivity index (χ4n) is 9.79. The van der Waals surface area contributed by atoms with Crippen LogP contribution in [0.25, 0.3) is 71.6 Å². The van der Waals surface area contributed by atoms with Crippen molar-refractivity contribution in [1.29, 1.82) is 0 Å². The van der Waals surface area contributed by atoms with Crippen LogP contribution in [-0.4, -0.2) is 4.57 Å². The zero-order chi connectivity index (χ0) is 36.1. The first-order valence-electron chi connectivity index (χ1n) is 19.0. The number of aromatic nitrogens is 1. The van der Waals surface area contributed by atoms with Crippen LogP contribution in [0.4, 0.5) is 0 Å². The summed E-state index contributed by atoms with van der Waals surface area (Å²) < 4.78 is 2.53. The molecule has 0 saturated carbocycles. The van der Waals surface area contributed by atoms with Gasteiger partial charge in [-0.2, -0.15) is 0 Å². The highest BCUT2D eigenvalue weighted by atomic mass is 32.2. The van der Waals surface area contributed by atoms with Crippen molar-refractivity contribution in [1.82, 2.24) is 4.57 Å². The summed E-state index contributed by atoms with van der Waals surface area (Å²) in [6.45, 7) is 0. The van der Waals surface area contributed by atoms with Crippen molar-refractivity contribution >= 4 is 44.3 Å². The normalized spacial score (nSPS) is 13.5. The third kappa shape index (κ3) is 4.26. The van der Waals surface area contributed by atoms with Crippen LogP contribution in [0.2, 0.25) is 0 Å². The van der Waals surface area contributed by atoms with Gasteiger partial charge in [-0.3, -0.25) is 0 Å². The molecule has 9 aromatic carbocycles. The van der Waals surface area contributed by atoms with Crippen LogP contribution in [0.1, 0.15) is 22.3 Å². The van der Waals surface area contributed by atoms with Crippen molar-refractivity contribution in [3.05, 3.63) is 222 Å². The molecule has 1 aromatic heterocycles. The summed E-state index contributed by atoms with van der Waals surface area (Å²) in [4.78, 5) is 2.65. The molecule has 1 aliphatic heterocycles. The molecule has 0 bridgehead atoms. The summed E-state index contributed by atoms with van der Waals surface area (Å²) in [6.07, 6.45) is 0. The van der Waals surface area contributed by atoms with E-state index in [0.717, 1.165) is 5.69 Å². The standard InChI is InChI=1S/C53H33NS/c1-3-15-34(16-4-1)37-31-38(35-17-5-2-6-18-35)33-39(32-37)54-47-29-27-36-19-7-8-20-40(36)50(47)51-48(54)30-28-46-52(51)55-49-26-14-13-25-45(49)53(46)43-23-11-9-21-41(43)42-22-10-12-24-44(42)53/h1-33H. The molecule has 0 atom stereocenters. The van der Waals surface area contributed by atoms with Crippen molar-refractivity contribution in [2.45, 2.75) is 15.2 Å². The predicted molar refractivity (Wildman–Crippen MR) is 231 cm³/mol. The highest BCUT2D eigenvalue weighted by Gasteiger charge is 2.50. The first-order chi connectivity index (χ1) is 27.3. The summed E-state index contributed by atoms with van der Waals surface area (Å²) in [5.41, 5.74) is 16.1. The Morgan fingerprint density at radius 2 is 0.927 bits per heavy atom. The average molecular weight is 716 g/mol. The lowest BCUT2D eigenvalue weighted by Gasteiger charge is -2.40. The van der Waals surface area contributed by atoms with E-state index < -0.39 is 5.41 Å². The summed E-state index contributed by atoms with van der Waals surface area (Å²) in [7, 11) is 0. The van der Waals surface area contributed by atoms with Gasteiger partial charge in [-0.1, -0.05) is 176 Å². The van der Waals surface area contributed by atoms with Crippen molar-refractivity contribution in [3.8, 4) is 39.1 Å². The Morgan fingerprint density at radius 1 is 0.382 bits per heavy atom. The van der Waals surface area contributed by atoms with E-state index in [4.69, 9.17) is 0 Å². The van der Waals surface area contributed by atoms with Crippen LogP contribution >= 0.6 is 11.8 Å². The largest absolute Gasteiger partial charge is 0.309 e. The van der Waals surface area contributed by atoms with E-state index in [-0.39, 0.29) is 0 Å². The van der Waals surface area contributed by atoms with Gasteiger partial charge in [0.25, 0.3) is 0 Å². The molecule has 0 radical (unpaired) electrons. The Bertz CT molecular complexity index is 3070. The Kier molecular flexibility index (Phi) is 6.55. The predicted octanol–water partition coefficient (Wildman–Crippen LogP) is 14.1. The van der Waals surface area contributed by atoms with Gasteiger partial charge in [-0.25, -0.2) is 0 Å². The van der Waals surface area contributed by atoms with Crippen LogP contribution in [0.5, 0.6) is 0 Å². The number of rotatable bonds is 3. The minimum absolute atomic E-state index is 0.439. The second kappa shape index (κ2) is 11.7. The molecule has 55 heavy (non-hydrogen) atoms. The van der Waals surface area contributed by atoms with E-state index in [2.05, 4.69) is 205 Å². The molecule has 0 N–H and O–H groups in total. The van der Waals surface area contributed by atoms with Crippen molar-refractivity contribution in [2.24, 2.45) is 0 Å². The fourth-order valence-corrected chi connectivity index (χ4v) is 11.1. The molecule has 0 unspecified atom stereocenters. The maximum Gasteiger partial charge on any atom is 0.0735 e. The van der Waals surface area contributed by atoms with E-state index in [1.807, 2.05) is 11.8 Å². The van der Waals surface area contributed by atoms with Crippen LogP contribution in [-0.2, 0) is 5.41 Å². The molecule has 1 aliphatic carbocycles. The third-order valence-electron chi connectivity index (χ3n) is 12.0. The fraction of sp³-hybridized carbons (Fsp3) is 0.0189. The zero-order valence-corrected chi connectivity index (χ0v) is 30.7. The van der Waals surface area contributed by atoms with Crippen LogP contribution in [0, 0.1) is 0 Å². The molecule has 0 amide bonds. The smallest absolute Gasteiger partial charge is 0.0735 e. The van der Waals surface area contributed by atoms with Gasteiger partial charge in [-0.05, 0) is 103 Å². The number of fused-ring (bicyclic) bond motifs is 15. The lowest BCUT2D eigenvalue weighted by atomic mass is 9.67. The Morgan fingerprint density at radius 3 is 1.62 bits per heavy atom. The van der Waals surface area contributed by atoms with Crippen LogP contribution in [0.3, 0.4) is 0 Å². The molecule has 0 fully saturated rings. The maximum absolute atomic E-state index is 2.53. The van der Waals surface area contributed by atoms with E-state index in [1.54, 1.807) is 0 Å². The number of nitrogens with zero attached hydrogens (tertiary/aromatic N) is 1. The van der Waals surface area contributed by atoms with Crippen molar-refractivity contribution < 1.29 is 0 Å². The molecular formula is C53H33NS. The molecule has 12 rings (SSSR count). The van der Waals surface area contributed by atoms with Gasteiger partial charge in [-0.15, -0.1) is 0 Å². The quantitative estimate of drug-likeness (QED) is 0.176. The number of benzene rings is 9. The first-order valence-corrected chi connectivity index (χ1v) is 19.8. The summed E-state index contributed by atoms with van der Waals surface area (Å²) in [6, 6.07) is 74.4. The monoisotopic (exact) mass is 715 g/mol. The summed E-state index contributed by atoms with van der Waals surface area (Å²) in [5, 5.41) is 5.15. The summed E-state index contributed by atoms with van der Waals surface area (Å²) >= 11 is 1.94. The highest BCUT2D eigenvalue weighted by Crippen LogP contribution is 2.63. The maximum atomic E-state index is 2.53. The van der Waals surface area contributed by atoms with Gasteiger partial charge >= 0.3 is 0 Å². The first kappa shape index (κ1) is 30.8. The topological polar surface area (TPSA) is 4.93 Å². The second-order valence-corrected chi connectivity index (χ2v) is 15.8. The molecule has 10 aromatic rings. The minimum atomic E-state index is -0.439. The summed E-state index contributed by atoms with van der Waals surface area (Å²) in [5.74, 6) is 0. The van der Waals surface area contributed by atoms with Crippen molar-refractivity contribution in [2.75, 3.05) is 0 Å². The molecule has 2 heterocycles. The zero-order valence-electron chi connectivity index (χ0n) is 29.9. The Labute approximate surface area is 324 Å².